The van der Waals surface area contributed by atoms with Crippen LogP contribution in [0.5, 0.6) is 0 Å². The summed E-state index contributed by atoms with van der Waals surface area (Å²) < 4.78 is 10.5. The molecule has 3 N–H and O–H groups in total. The van der Waals surface area contributed by atoms with Crippen LogP contribution < -0.4 is 10.6 Å². The second-order valence-electron chi connectivity index (χ2n) is 5.38. The Labute approximate surface area is 122 Å². The van der Waals surface area contributed by atoms with Crippen molar-refractivity contribution in [2.45, 2.75) is 38.8 Å². The largest absolute Gasteiger partial charge is 0.479 e. The predicted molar refractivity (Wildman–Crippen MR) is 74.1 cm³/mol. The lowest BCUT2D eigenvalue weighted by Crippen LogP contribution is -2.57. The number of urea groups is 1. The van der Waals surface area contributed by atoms with Gasteiger partial charge in [-0.05, 0) is 26.8 Å². The first-order chi connectivity index (χ1) is 9.84. The van der Waals surface area contributed by atoms with Gasteiger partial charge < -0.3 is 24.9 Å². The zero-order chi connectivity index (χ0) is 15.6. The first-order valence-electron chi connectivity index (χ1n) is 6.81. The van der Waals surface area contributed by atoms with E-state index in [1.165, 1.54) is 0 Å². The summed E-state index contributed by atoms with van der Waals surface area (Å²) in [5, 5.41) is 14.5. The number of carbonyl (C=O) groups is 2. The number of aliphatic carboxylic acids is 1. The van der Waals surface area contributed by atoms with E-state index in [-0.39, 0.29) is 19.1 Å². The summed E-state index contributed by atoms with van der Waals surface area (Å²) in [6.07, 6.45) is 0.258. The molecule has 2 atom stereocenters. The van der Waals surface area contributed by atoms with Crippen molar-refractivity contribution in [1.29, 1.82) is 0 Å². The number of rotatable bonds is 4. The highest BCUT2D eigenvalue weighted by molar-refractivity contribution is 5.86. The fourth-order valence-electron chi connectivity index (χ4n) is 2.49. The summed E-state index contributed by atoms with van der Waals surface area (Å²) in [5.41, 5.74) is -0.472. The van der Waals surface area contributed by atoms with Crippen LogP contribution in [0, 0.1) is 13.8 Å². The Hall–Kier alpha value is -2.02. The molecule has 1 aliphatic rings. The number of carboxylic acids is 1. The number of furan rings is 1. The summed E-state index contributed by atoms with van der Waals surface area (Å²) in [6.45, 7) is 5.77. The maximum atomic E-state index is 12.0. The van der Waals surface area contributed by atoms with E-state index in [1.54, 1.807) is 0 Å². The first-order valence-corrected chi connectivity index (χ1v) is 6.81. The molecule has 1 fully saturated rings. The van der Waals surface area contributed by atoms with Gasteiger partial charge in [-0.3, -0.25) is 0 Å². The Morgan fingerprint density at radius 2 is 2.14 bits per heavy atom. The maximum absolute atomic E-state index is 12.0. The molecule has 21 heavy (non-hydrogen) atoms. The smallest absolute Gasteiger partial charge is 0.332 e. The normalized spacial score (nSPS) is 22.8. The molecule has 116 valence electrons. The summed E-state index contributed by atoms with van der Waals surface area (Å²) >= 11 is 0. The minimum atomic E-state index is -1.34. The van der Waals surface area contributed by atoms with Crippen LogP contribution in [0.1, 0.15) is 36.5 Å². The zero-order valence-corrected chi connectivity index (χ0v) is 12.4. The fourth-order valence-corrected chi connectivity index (χ4v) is 2.49. The molecule has 0 bridgehead atoms. The highest BCUT2D eigenvalue weighted by Crippen LogP contribution is 2.22. The van der Waals surface area contributed by atoms with Gasteiger partial charge in [0, 0.05) is 18.6 Å². The van der Waals surface area contributed by atoms with E-state index in [0.717, 1.165) is 17.1 Å². The molecular weight excluding hydrogens is 276 g/mol. The third kappa shape index (κ3) is 3.18. The lowest BCUT2D eigenvalue weighted by Gasteiger charge is -2.25. The van der Waals surface area contributed by atoms with Crippen molar-refractivity contribution in [1.82, 2.24) is 10.6 Å². The van der Waals surface area contributed by atoms with Gasteiger partial charge in [0.25, 0.3) is 0 Å². The average molecular weight is 296 g/mol. The second kappa shape index (κ2) is 5.77. The zero-order valence-electron chi connectivity index (χ0n) is 12.4. The summed E-state index contributed by atoms with van der Waals surface area (Å²) in [4.78, 5) is 23.4. The van der Waals surface area contributed by atoms with E-state index in [0.29, 0.717) is 6.61 Å². The van der Waals surface area contributed by atoms with Crippen molar-refractivity contribution in [3.8, 4) is 0 Å². The topological polar surface area (TPSA) is 101 Å². The van der Waals surface area contributed by atoms with Crippen molar-refractivity contribution < 1.29 is 23.8 Å². The molecule has 1 aromatic rings. The van der Waals surface area contributed by atoms with Crippen LogP contribution >= 0.6 is 0 Å². The number of carbonyl (C=O) groups excluding carboxylic acids is 1. The van der Waals surface area contributed by atoms with Crippen LogP contribution in [0.4, 0.5) is 4.79 Å². The minimum absolute atomic E-state index is 0.0199. The third-order valence-electron chi connectivity index (χ3n) is 3.68. The standard InChI is InChI=1S/C14H20N2O5/c1-8-6-11(10(3)21-8)9(2)15-13(19)16-14(12(17)18)4-5-20-7-14/h6,9H,4-5,7H2,1-3H3,(H,17,18)(H2,15,16,19). The monoisotopic (exact) mass is 296 g/mol. The Morgan fingerprint density at radius 1 is 1.43 bits per heavy atom. The molecule has 1 aliphatic heterocycles. The molecule has 1 saturated heterocycles. The molecule has 2 heterocycles. The Kier molecular flexibility index (Phi) is 4.22. The van der Waals surface area contributed by atoms with Crippen molar-refractivity contribution in [3.05, 3.63) is 23.2 Å². The highest BCUT2D eigenvalue weighted by atomic mass is 16.5. The minimum Gasteiger partial charge on any atom is -0.479 e. The van der Waals surface area contributed by atoms with E-state index in [4.69, 9.17) is 9.15 Å². The van der Waals surface area contributed by atoms with Gasteiger partial charge >= 0.3 is 12.0 Å². The summed E-state index contributed by atoms with van der Waals surface area (Å²) in [7, 11) is 0. The molecule has 1 aromatic heterocycles. The number of ether oxygens (including phenoxy) is 1. The maximum Gasteiger partial charge on any atom is 0.332 e. The Balaban J connectivity index is 2.01. The molecule has 0 aromatic carbocycles. The molecule has 0 radical (unpaired) electrons. The van der Waals surface area contributed by atoms with Gasteiger partial charge in [-0.2, -0.15) is 0 Å². The third-order valence-corrected chi connectivity index (χ3v) is 3.68. The molecule has 0 spiro atoms. The van der Waals surface area contributed by atoms with Gasteiger partial charge in [0.15, 0.2) is 5.54 Å². The number of amides is 2. The van der Waals surface area contributed by atoms with Crippen molar-refractivity contribution in [2.75, 3.05) is 13.2 Å². The molecule has 0 aliphatic carbocycles. The van der Waals surface area contributed by atoms with Crippen LogP contribution in [0.25, 0.3) is 0 Å². The fraction of sp³-hybridized carbons (Fsp3) is 0.571. The molecular formula is C14H20N2O5. The lowest BCUT2D eigenvalue weighted by atomic mass is 9.99. The van der Waals surface area contributed by atoms with Crippen LogP contribution in [-0.4, -0.2) is 35.9 Å². The molecule has 2 amide bonds. The van der Waals surface area contributed by atoms with E-state index in [2.05, 4.69) is 10.6 Å². The first kappa shape index (κ1) is 15.4. The SMILES string of the molecule is Cc1cc(C(C)NC(=O)NC2(C(=O)O)CCOC2)c(C)o1. The second-order valence-corrected chi connectivity index (χ2v) is 5.38. The molecule has 7 heteroatoms. The lowest BCUT2D eigenvalue weighted by molar-refractivity contribution is -0.144. The predicted octanol–water partition coefficient (Wildman–Crippen LogP) is 1.50. The van der Waals surface area contributed by atoms with Gasteiger partial charge in [-0.1, -0.05) is 0 Å². The van der Waals surface area contributed by atoms with Crippen molar-refractivity contribution in [2.24, 2.45) is 0 Å². The number of hydrogen-bond acceptors (Lipinski definition) is 4. The van der Waals surface area contributed by atoms with Crippen LogP contribution in [0.3, 0.4) is 0 Å². The average Bonchev–Trinajstić information content (AvgIpc) is 2.96. The van der Waals surface area contributed by atoms with Gasteiger partial charge in [0.2, 0.25) is 0 Å². The Bertz CT molecular complexity index is 546. The number of nitrogens with one attached hydrogen (secondary N) is 2. The van der Waals surface area contributed by atoms with E-state index in [1.807, 2.05) is 26.8 Å². The highest BCUT2D eigenvalue weighted by Gasteiger charge is 2.44. The molecule has 2 rings (SSSR count). The van der Waals surface area contributed by atoms with Gasteiger partial charge in [-0.25, -0.2) is 9.59 Å². The summed E-state index contributed by atoms with van der Waals surface area (Å²) in [6, 6.07) is 1.04. The summed E-state index contributed by atoms with van der Waals surface area (Å²) in [5.74, 6) is 0.415. The van der Waals surface area contributed by atoms with E-state index in [9.17, 15) is 14.7 Å². The van der Waals surface area contributed by atoms with Crippen LogP contribution in [0.2, 0.25) is 0 Å². The number of aryl methyl sites for hydroxylation is 2. The molecule has 0 saturated carbocycles. The molecule has 7 nitrogen and oxygen atoms in total. The quantitative estimate of drug-likeness (QED) is 0.781. The van der Waals surface area contributed by atoms with Gasteiger partial charge in [0.05, 0.1) is 12.6 Å². The Morgan fingerprint density at radius 3 is 2.62 bits per heavy atom. The van der Waals surface area contributed by atoms with Crippen LogP contribution in [-0.2, 0) is 9.53 Å². The number of carboxylic acid groups (broad SMARTS) is 1. The van der Waals surface area contributed by atoms with Gasteiger partial charge in [0.1, 0.15) is 11.5 Å². The van der Waals surface area contributed by atoms with Crippen molar-refractivity contribution in [3.63, 3.8) is 0 Å². The van der Waals surface area contributed by atoms with E-state index < -0.39 is 17.5 Å². The van der Waals surface area contributed by atoms with Crippen molar-refractivity contribution >= 4 is 12.0 Å². The number of hydrogen-bond donors (Lipinski definition) is 3. The molecule has 2 unspecified atom stereocenters. The van der Waals surface area contributed by atoms with Gasteiger partial charge in [-0.15, -0.1) is 0 Å². The van der Waals surface area contributed by atoms with Crippen LogP contribution in [0.15, 0.2) is 10.5 Å². The van der Waals surface area contributed by atoms with E-state index >= 15 is 0 Å².